The fourth-order valence-corrected chi connectivity index (χ4v) is 5.03. The number of aliphatic carboxylic acids is 1. The van der Waals surface area contributed by atoms with Gasteiger partial charge in [-0.3, -0.25) is 4.79 Å². The number of carbonyl (C=O) groups is 1. The predicted molar refractivity (Wildman–Crippen MR) is 116 cm³/mol. The summed E-state index contributed by atoms with van der Waals surface area (Å²) in [5, 5.41) is 0.951. The van der Waals surface area contributed by atoms with E-state index in [1.54, 1.807) is 0 Å². The Labute approximate surface area is 238 Å². The van der Waals surface area contributed by atoms with Gasteiger partial charge >= 0.3 is 52.9 Å². The lowest BCUT2D eigenvalue weighted by molar-refractivity contribution is -0.458. The van der Waals surface area contributed by atoms with Crippen molar-refractivity contribution in [3.8, 4) is 0 Å². The Morgan fingerprint density at radius 3 is 1.20 bits per heavy atom. The van der Waals surface area contributed by atoms with Gasteiger partial charge in [-0.2, -0.15) is 78.9 Å². The molecule has 0 aliphatic carbocycles. The summed E-state index contributed by atoms with van der Waals surface area (Å²) in [6.45, 7) is -1.80. The van der Waals surface area contributed by atoms with Gasteiger partial charge in [-0.25, -0.2) is 8.42 Å². The van der Waals surface area contributed by atoms with Gasteiger partial charge in [0.05, 0.1) is 0 Å². The second-order valence-corrected chi connectivity index (χ2v) is 11.4. The van der Waals surface area contributed by atoms with Crippen LogP contribution in [0, 0.1) is 0 Å². The van der Waals surface area contributed by atoms with Crippen LogP contribution in [-0.4, -0.2) is 83.9 Å². The largest absolute Gasteiger partial charge is 0.481 e. The number of nitrogens with zero attached hydrogens (tertiary/aromatic N) is 1. The number of carboxylic acid groups (broad SMARTS) is 1. The van der Waals surface area contributed by atoms with Crippen LogP contribution in [0.1, 0.15) is 64.7 Å². The molecule has 0 atom stereocenters. The number of hydrogen-bond donors (Lipinski definition) is 1. The van der Waals surface area contributed by atoms with E-state index in [4.69, 9.17) is 5.11 Å². The Morgan fingerprint density at radius 2 is 0.864 bits per heavy atom. The highest BCUT2D eigenvalue weighted by Gasteiger charge is 2.96. The van der Waals surface area contributed by atoms with Gasteiger partial charge in [0, 0.05) is 19.5 Å². The molecule has 0 spiro atoms. The third-order valence-corrected chi connectivity index (χ3v) is 8.28. The minimum atomic E-state index is -8.86. The fourth-order valence-electron chi connectivity index (χ4n) is 3.55. The number of halogens is 17. The zero-order chi connectivity index (χ0) is 35.4. The molecule has 1 N–H and O–H groups in total. The van der Waals surface area contributed by atoms with Crippen LogP contribution in [-0.2, 0) is 14.8 Å². The average molecular weight is 711 g/mol. The second-order valence-electron chi connectivity index (χ2n) is 9.43. The second kappa shape index (κ2) is 13.9. The molecule has 264 valence electrons. The molecule has 0 rings (SSSR count). The van der Waals surface area contributed by atoms with Gasteiger partial charge in [-0.05, 0) is 12.8 Å². The van der Waals surface area contributed by atoms with E-state index in [-0.39, 0.29) is 19.3 Å². The minimum absolute atomic E-state index is 0.0357. The van der Waals surface area contributed by atoms with Crippen LogP contribution in [0.2, 0.25) is 0 Å². The quantitative estimate of drug-likeness (QED) is 0.102. The third-order valence-electron chi connectivity index (χ3n) is 6.26. The van der Waals surface area contributed by atoms with Gasteiger partial charge in [-0.1, -0.05) is 45.4 Å². The number of sulfonamides is 1. The van der Waals surface area contributed by atoms with Gasteiger partial charge in [0.15, 0.2) is 0 Å². The molecule has 0 aliphatic rings. The first-order chi connectivity index (χ1) is 19.4. The van der Waals surface area contributed by atoms with E-state index >= 15 is 0 Å². The molecule has 0 aromatic heterocycles. The normalized spacial score (nSPS) is 15.2. The van der Waals surface area contributed by atoms with E-state index < -0.39 is 86.8 Å². The molecule has 0 aromatic carbocycles. The summed E-state index contributed by atoms with van der Waals surface area (Å²) in [7, 11) is -7.27. The molecule has 0 unspecified atom stereocenters. The summed E-state index contributed by atoms with van der Waals surface area (Å²) in [5.41, 5.74) is 0. The van der Waals surface area contributed by atoms with Crippen LogP contribution in [0.5, 0.6) is 0 Å². The first-order valence-electron chi connectivity index (χ1n) is 12.3. The third kappa shape index (κ3) is 7.42. The summed E-state index contributed by atoms with van der Waals surface area (Å²) < 4.78 is 252. The molecule has 0 amide bonds. The van der Waals surface area contributed by atoms with E-state index in [0.717, 1.165) is 0 Å². The van der Waals surface area contributed by atoms with Crippen LogP contribution < -0.4 is 0 Å². The van der Waals surface area contributed by atoms with E-state index in [1.807, 2.05) is 0 Å². The van der Waals surface area contributed by atoms with Crippen molar-refractivity contribution < 1.29 is 93.0 Å². The molecular weight excluding hydrogens is 685 g/mol. The van der Waals surface area contributed by atoms with Gasteiger partial charge in [0.25, 0.3) is 10.0 Å². The first kappa shape index (κ1) is 42.2. The van der Waals surface area contributed by atoms with Gasteiger partial charge < -0.3 is 5.11 Å². The Kier molecular flexibility index (Phi) is 13.3. The maximum absolute atomic E-state index is 14.4. The van der Waals surface area contributed by atoms with Crippen molar-refractivity contribution >= 4 is 16.0 Å². The number of alkyl halides is 17. The SMILES string of the molecule is CCN(CCCCCCCCCCC(=O)O)S(=O)(=O)C(F)(F)C(F)(F)C(F)(F)C(F)(F)C(F)(F)C(F)(F)C(F)(F)C(F)(F)F. The topological polar surface area (TPSA) is 74.7 Å². The fraction of sp³-hybridized carbons (Fsp3) is 0.952. The summed E-state index contributed by atoms with van der Waals surface area (Å²) >= 11 is 0. The van der Waals surface area contributed by atoms with Gasteiger partial charge in [0.1, 0.15) is 0 Å². The lowest BCUT2D eigenvalue weighted by Crippen LogP contribution is -2.75. The molecule has 0 saturated heterocycles. The van der Waals surface area contributed by atoms with Crippen LogP contribution in [0.4, 0.5) is 74.6 Å². The maximum atomic E-state index is 14.4. The molecule has 0 aliphatic heterocycles. The Balaban J connectivity index is 5.99. The number of rotatable bonds is 20. The molecule has 0 aromatic rings. The lowest BCUT2D eigenvalue weighted by Gasteiger charge is -2.43. The number of unbranched alkanes of at least 4 members (excludes halogenated alkanes) is 7. The average Bonchev–Trinajstić information content (AvgIpc) is 2.85. The van der Waals surface area contributed by atoms with Crippen molar-refractivity contribution in [1.29, 1.82) is 0 Å². The van der Waals surface area contributed by atoms with Crippen molar-refractivity contribution in [3.05, 3.63) is 0 Å². The molecular formula is C21H26F17NO4S. The van der Waals surface area contributed by atoms with Crippen molar-refractivity contribution in [2.45, 2.75) is 112 Å². The van der Waals surface area contributed by atoms with Crippen molar-refractivity contribution in [2.75, 3.05) is 13.1 Å². The maximum Gasteiger partial charge on any atom is 0.460 e. The van der Waals surface area contributed by atoms with Crippen LogP contribution in [0.25, 0.3) is 0 Å². The Bertz CT molecular complexity index is 1060. The highest BCUT2D eigenvalue weighted by molar-refractivity contribution is 7.90. The number of carboxylic acids is 1. The zero-order valence-corrected chi connectivity index (χ0v) is 23.0. The monoisotopic (exact) mass is 711 g/mol. The molecule has 0 heterocycles. The van der Waals surface area contributed by atoms with Crippen LogP contribution in [0.15, 0.2) is 0 Å². The lowest BCUT2D eigenvalue weighted by atomic mass is 9.91. The zero-order valence-electron chi connectivity index (χ0n) is 22.2. The summed E-state index contributed by atoms with van der Waals surface area (Å²) in [6.07, 6.45) is -5.86. The van der Waals surface area contributed by atoms with E-state index in [2.05, 4.69) is 0 Å². The highest BCUT2D eigenvalue weighted by Crippen LogP contribution is 2.64. The Morgan fingerprint density at radius 1 is 0.545 bits per heavy atom. The molecule has 5 nitrogen and oxygen atoms in total. The van der Waals surface area contributed by atoms with Crippen molar-refractivity contribution in [3.63, 3.8) is 0 Å². The van der Waals surface area contributed by atoms with E-state index in [0.29, 0.717) is 39.0 Å². The van der Waals surface area contributed by atoms with Crippen LogP contribution >= 0.6 is 0 Å². The molecule has 0 fully saturated rings. The smallest absolute Gasteiger partial charge is 0.460 e. The Hall–Kier alpha value is -1.81. The molecule has 0 saturated carbocycles. The van der Waals surface area contributed by atoms with Gasteiger partial charge in [-0.15, -0.1) is 0 Å². The van der Waals surface area contributed by atoms with Crippen molar-refractivity contribution in [1.82, 2.24) is 4.31 Å². The predicted octanol–water partition coefficient (Wildman–Crippen LogP) is 8.20. The van der Waals surface area contributed by atoms with E-state index in [9.17, 15) is 87.8 Å². The summed E-state index contributed by atoms with van der Waals surface area (Å²) in [4.78, 5) is 10.4. The molecule has 0 radical (unpaired) electrons. The van der Waals surface area contributed by atoms with Crippen LogP contribution in [0.3, 0.4) is 0 Å². The highest BCUT2D eigenvalue weighted by atomic mass is 32.2. The van der Waals surface area contributed by atoms with Crippen molar-refractivity contribution in [2.24, 2.45) is 0 Å². The van der Waals surface area contributed by atoms with Gasteiger partial charge in [0.2, 0.25) is 0 Å². The summed E-state index contributed by atoms with van der Waals surface area (Å²) in [5.74, 6) is -52.7. The molecule has 0 bridgehead atoms. The number of hydrogen-bond acceptors (Lipinski definition) is 3. The minimum Gasteiger partial charge on any atom is -0.481 e. The first-order valence-corrected chi connectivity index (χ1v) is 13.7. The molecule has 44 heavy (non-hydrogen) atoms. The van der Waals surface area contributed by atoms with E-state index in [1.165, 1.54) is 0 Å². The summed E-state index contributed by atoms with van der Waals surface area (Å²) in [6, 6.07) is 0. The standard InChI is InChI=1S/C21H26F17NO4S/c1-2-39(12-10-8-6-4-3-5-7-9-11-13(40)41)44(42,43)21(37,38)19(32,33)17(28,29)15(24,25)14(22,23)16(26,27)18(30,31)20(34,35)36/h2-12H2,1H3,(H,40,41). The molecule has 23 heteroatoms.